The van der Waals surface area contributed by atoms with Crippen LogP contribution in [0.2, 0.25) is 0 Å². The zero-order chi connectivity index (χ0) is 20.0. The van der Waals surface area contributed by atoms with Gasteiger partial charge in [0.1, 0.15) is 0 Å². The average Bonchev–Trinajstić information content (AvgIpc) is 2.61. The van der Waals surface area contributed by atoms with Gasteiger partial charge in [-0.3, -0.25) is 9.59 Å². The van der Waals surface area contributed by atoms with E-state index in [9.17, 15) is 9.59 Å². The number of rotatable bonds is 6. The van der Waals surface area contributed by atoms with E-state index in [1.54, 1.807) is 38.4 Å². The zero-order valence-electron chi connectivity index (χ0n) is 17.0. The van der Waals surface area contributed by atoms with Crippen molar-refractivity contribution < 1.29 is 9.59 Å². The average molecular weight is 367 g/mol. The summed E-state index contributed by atoms with van der Waals surface area (Å²) in [6.07, 6.45) is 2.11. The minimum absolute atomic E-state index is 0.0317. The van der Waals surface area contributed by atoms with E-state index in [-0.39, 0.29) is 17.2 Å². The van der Waals surface area contributed by atoms with Crippen LogP contribution in [-0.2, 0) is 16.6 Å². The van der Waals surface area contributed by atoms with Crippen molar-refractivity contribution in [3.8, 4) is 0 Å². The smallest absolute Gasteiger partial charge is 0.253 e. The predicted molar refractivity (Wildman–Crippen MR) is 111 cm³/mol. The number of amides is 2. The van der Waals surface area contributed by atoms with E-state index in [0.29, 0.717) is 17.7 Å². The van der Waals surface area contributed by atoms with Gasteiger partial charge in [0.05, 0.1) is 0 Å². The molecule has 0 aliphatic rings. The largest absolute Gasteiger partial charge is 0.345 e. The zero-order valence-corrected chi connectivity index (χ0v) is 17.0. The Morgan fingerprint density at radius 2 is 1.67 bits per heavy atom. The molecular formula is C23H30N2O2. The minimum Gasteiger partial charge on any atom is -0.345 e. The normalized spacial score (nSPS) is 11.1. The molecule has 0 atom stereocenters. The Morgan fingerprint density at radius 1 is 1.00 bits per heavy atom. The van der Waals surface area contributed by atoms with Crippen LogP contribution in [0.5, 0.6) is 0 Å². The number of anilines is 1. The van der Waals surface area contributed by atoms with Crippen LogP contribution in [0.25, 0.3) is 0 Å². The van der Waals surface area contributed by atoms with Crippen molar-refractivity contribution in [2.45, 2.75) is 45.4 Å². The molecule has 0 radical (unpaired) electrons. The van der Waals surface area contributed by atoms with Crippen LogP contribution in [0.15, 0.2) is 48.5 Å². The highest BCUT2D eigenvalue weighted by molar-refractivity contribution is 5.96. The second-order valence-corrected chi connectivity index (χ2v) is 8.13. The maximum Gasteiger partial charge on any atom is 0.253 e. The third-order valence-corrected chi connectivity index (χ3v) is 4.49. The first-order chi connectivity index (χ1) is 12.7. The summed E-state index contributed by atoms with van der Waals surface area (Å²) in [4.78, 5) is 25.7. The van der Waals surface area contributed by atoms with Crippen molar-refractivity contribution >= 4 is 17.5 Å². The van der Waals surface area contributed by atoms with Gasteiger partial charge >= 0.3 is 0 Å². The molecule has 0 aliphatic carbocycles. The Labute approximate surface area is 162 Å². The van der Waals surface area contributed by atoms with E-state index in [1.807, 2.05) is 0 Å². The topological polar surface area (TPSA) is 49.4 Å². The fourth-order valence-electron chi connectivity index (χ4n) is 2.84. The summed E-state index contributed by atoms with van der Waals surface area (Å²) in [5.74, 6) is -0.111. The molecule has 4 nitrogen and oxygen atoms in total. The van der Waals surface area contributed by atoms with Gasteiger partial charge in [0.15, 0.2) is 0 Å². The van der Waals surface area contributed by atoms with Gasteiger partial charge in [-0.15, -0.1) is 0 Å². The number of carbonyl (C=O) groups excluding carboxylic acids is 2. The molecule has 1 N–H and O–H groups in total. The number of aryl methyl sites for hydroxylation is 1. The SMILES string of the molecule is CN(C)C(=O)c1cccc(NC(=O)CCCc2ccc(C(C)(C)C)cc2)c1. The van der Waals surface area contributed by atoms with Crippen molar-refractivity contribution in [2.75, 3.05) is 19.4 Å². The first kappa shape index (κ1) is 20.7. The van der Waals surface area contributed by atoms with Gasteiger partial charge in [-0.05, 0) is 47.6 Å². The lowest BCUT2D eigenvalue weighted by Crippen LogP contribution is -2.21. The van der Waals surface area contributed by atoms with Crippen LogP contribution in [0.3, 0.4) is 0 Å². The molecule has 0 aliphatic heterocycles. The van der Waals surface area contributed by atoms with Gasteiger partial charge in [-0.1, -0.05) is 51.1 Å². The lowest BCUT2D eigenvalue weighted by atomic mass is 9.86. The molecule has 0 fully saturated rings. The lowest BCUT2D eigenvalue weighted by Gasteiger charge is -2.19. The summed E-state index contributed by atoms with van der Waals surface area (Å²) < 4.78 is 0. The molecule has 0 unspecified atom stereocenters. The molecule has 27 heavy (non-hydrogen) atoms. The molecule has 0 saturated carbocycles. The van der Waals surface area contributed by atoms with Crippen LogP contribution in [0.1, 0.15) is 55.1 Å². The van der Waals surface area contributed by atoms with Gasteiger partial charge in [0.25, 0.3) is 5.91 Å². The van der Waals surface area contributed by atoms with Crippen molar-refractivity contribution in [1.29, 1.82) is 0 Å². The maximum absolute atomic E-state index is 12.2. The van der Waals surface area contributed by atoms with Crippen LogP contribution in [0.4, 0.5) is 5.69 Å². The first-order valence-corrected chi connectivity index (χ1v) is 9.38. The van der Waals surface area contributed by atoms with Crippen LogP contribution in [-0.4, -0.2) is 30.8 Å². The predicted octanol–water partition coefficient (Wildman–Crippen LogP) is 4.65. The number of hydrogen-bond acceptors (Lipinski definition) is 2. The first-order valence-electron chi connectivity index (χ1n) is 9.38. The van der Waals surface area contributed by atoms with Crippen LogP contribution in [0, 0.1) is 0 Å². The van der Waals surface area contributed by atoms with Crippen LogP contribution < -0.4 is 5.32 Å². The Balaban J connectivity index is 1.85. The summed E-state index contributed by atoms with van der Waals surface area (Å²) >= 11 is 0. The Kier molecular flexibility index (Phi) is 6.78. The third kappa shape index (κ3) is 6.24. The molecular weight excluding hydrogens is 336 g/mol. The highest BCUT2D eigenvalue weighted by atomic mass is 16.2. The van der Waals surface area contributed by atoms with Crippen molar-refractivity contribution in [3.63, 3.8) is 0 Å². The molecule has 2 aromatic rings. The Hall–Kier alpha value is -2.62. The summed E-state index contributed by atoms with van der Waals surface area (Å²) in [5, 5.41) is 2.88. The van der Waals surface area contributed by atoms with E-state index in [2.05, 4.69) is 50.4 Å². The molecule has 144 valence electrons. The van der Waals surface area contributed by atoms with Gasteiger partial charge in [-0.25, -0.2) is 0 Å². The number of nitrogens with one attached hydrogen (secondary N) is 1. The summed E-state index contributed by atoms with van der Waals surface area (Å²) in [7, 11) is 3.42. The molecule has 0 heterocycles. The minimum atomic E-state index is -0.0789. The quantitative estimate of drug-likeness (QED) is 0.809. The second kappa shape index (κ2) is 8.85. The van der Waals surface area contributed by atoms with E-state index in [1.165, 1.54) is 16.0 Å². The second-order valence-electron chi connectivity index (χ2n) is 8.13. The number of carbonyl (C=O) groups is 2. The van der Waals surface area contributed by atoms with Crippen molar-refractivity contribution in [3.05, 3.63) is 65.2 Å². The van der Waals surface area contributed by atoms with Gasteiger partial charge < -0.3 is 10.2 Å². The molecule has 0 bridgehead atoms. The van der Waals surface area contributed by atoms with Crippen molar-refractivity contribution in [2.24, 2.45) is 0 Å². The Morgan fingerprint density at radius 3 is 2.26 bits per heavy atom. The van der Waals surface area contributed by atoms with E-state index < -0.39 is 0 Å². The third-order valence-electron chi connectivity index (χ3n) is 4.49. The van der Waals surface area contributed by atoms with Crippen LogP contribution >= 0.6 is 0 Å². The van der Waals surface area contributed by atoms with Gasteiger partial charge in [0, 0.05) is 31.8 Å². The van der Waals surface area contributed by atoms with Gasteiger partial charge in [-0.2, -0.15) is 0 Å². The monoisotopic (exact) mass is 366 g/mol. The Bertz CT molecular complexity index is 787. The highest BCUT2D eigenvalue weighted by Gasteiger charge is 2.13. The lowest BCUT2D eigenvalue weighted by molar-refractivity contribution is -0.116. The van der Waals surface area contributed by atoms with E-state index >= 15 is 0 Å². The molecule has 0 aromatic heterocycles. The fraction of sp³-hybridized carbons (Fsp3) is 0.391. The van der Waals surface area contributed by atoms with Crippen molar-refractivity contribution in [1.82, 2.24) is 4.90 Å². The molecule has 2 rings (SSSR count). The fourth-order valence-corrected chi connectivity index (χ4v) is 2.84. The highest BCUT2D eigenvalue weighted by Crippen LogP contribution is 2.22. The van der Waals surface area contributed by atoms with Gasteiger partial charge in [0.2, 0.25) is 5.91 Å². The maximum atomic E-state index is 12.2. The summed E-state index contributed by atoms with van der Waals surface area (Å²) in [6.45, 7) is 6.61. The number of nitrogens with zero attached hydrogens (tertiary/aromatic N) is 1. The molecule has 0 spiro atoms. The molecule has 0 saturated heterocycles. The molecule has 2 amide bonds. The molecule has 4 heteroatoms. The number of hydrogen-bond donors (Lipinski definition) is 1. The standard InChI is InChI=1S/C23H30N2O2/c1-23(2,3)19-14-12-17(13-15-19)8-6-11-21(26)24-20-10-7-9-18(16-20)22(27)25(4)5/h7,9-10,12-16H,6,8,11H2,1-5H3,(H,24,26). The molecule has 2 aromatic carbocycles. The van der Waals surface area contributed by atoms with E-state index in [0.717, 1.165) is 12.8 Å². The number of benzene rings is 2. The summed E-state index contributed by atoms with van der Waals surface area (Å²) in [5.41, 5.74) is 3.94. The van der Waals surface area contributed by atoms with E-state index in [4.69, 9.17) is 0 Å². The summed E-state index contributed by atoms with van der Waals surface area (Å²) in [6, 6.07) is 15.7.